The number of aryl methyl sites for hydroxylation is 1. The molecule has 1 saturated heterocycles. The Labute approximate surface area is 168 Å². The predicted molar refractivity (Wildman–Crippen MR) is 103 cm³/mol. The second-order valence-electron chi connectivity index (χ2n) is 8.26. The fourth-order valence-corrected chi connectivity index (χ4v) is 4.61. The lowest BCUT2D eigenvalue weighted by Crippen LogP contribution is -2.49. The van der Waals surface area contributed by atoms with Gasteiger partial charge in [0.1, 0.15) is 12.2 Å². The number of hydrogen-bond donors (Lipinski definition) is 2. The van der Waals surface area contributed by atoms with Gasteiger partial charge in [-0.1, -0.05) is 0 Å². The van der Waals surface area contributed by atoms with Crippen molar-refractivity contribution in [2.75, 3.05) is 13.1 Å². The van der Waals surface area contributed by atoms with E-state index in [9.17, 15) is 14.0 Å². The summed E-state index contributed by atoms with van der Waals surface area (Å²) in [5, 5.41) is 15.2. The number of rotatable bonds is 7. The summed E-state index contributed by atoms with van der Waals surface area (Å²) in [4.78, 5) is 31.5. The second kappa shape index (κ2) is 8.13. The van der Waals surface area contributed by atoms with Crippen LogP contribution in [-0.2, 0) is 9.59 Å². The Morgan fingerprint density at radius 3 is 2.86 bits per heavy atom. The van der Waals surface area contributed by atoms with Crippen LogP contribution in [0.1, 0.15) is 49.6 Å². The molecule has 1 aromatic heterocycles. The van der Waals surface area contributed by atoms with Crippen molar-refractivity contribution in [2.24, 2.45) is 0 Å². The number of carbonyl (C=O) groups is 2. The summed E-state index contributed by atoms with van der Waals surface area (Å²) >= 11 is 1.62. The molecular formula is C19H26FN5O2S. The SMILES string of the molecule is Cc1ncsc1[C@H]1C[C@@H]1NC(=O)CC(C)(C)NCC(=O)N1C[C@@H](F)C[C@H]1C#N. The molecule has 2 amide bonds. The van der Waals surface area contributed by atoms with Crippen molar-refractivity contribution in [3.05, 3.63) is 16.1 Å². The third kappa shape index (κ3) is 4.86. The van der Waals surface area contributed by atoms with Crippen LogP contribution < -0.4 is 10.6 Å². The van der Waals surface area contributed by atoms with Gasteiger partial charge in [0, 0.05) is 35.2 Å². The number of nitriles is 1. The Morgan fingerprint density at radius 2 is 2.21 bits per heavy atom. The van der Waals surface area contributed by atoms with Crippen LogP contribution in [0.15, 0.2) is 5.51 Å². The summed E-state index contributed by atoms with van der Waals surface area (Å²) < 4.78 is 13.5. The molecule has 1 aliphatic heterocycles. The number of likely N-dealkylation sites (tertiary alicyclic amines) is 1. The molecule has 1 aliphatic carbocycles. The van der Waals surface area contributed by atoms with Crippen molar-refractivity contribution in [3.63, 3.8) is 0 Å². The Hall–Kier alpha value is -2.05. The Balaban J connectivity index is 1.44. The minimum atomic E-state index is -1.15. The average Bonchev–Trinajstić information content (AvgIpc) is 3.04. The van der Waals surface area contributed by atoms with E-state index in [4.69, 9.17) is 5.26 Å². The minimum Gasteiger partial charge on any atom is -0.353 e. The van der Waals surface area contributed by atoms with Crippen molar-refractivity contribution in [1.29, 1.82) is 5.26 Å². The summed E-state index contributed by atoms with van der Waals surface area (Å²) in [6.45, 7) is 5.61. The number of carbonyl (C=O) groups excluding carboxylic acids is 2. The predicted octanol–water partition coefficient (Wildman–Crippen LogP) is 1.64. The third-order valence-electron chi connectivity index (χ3n) is 5.30. The molecule has 2 fully saturated rings. The van der Waals surface area contributed by atoms with Gasteiger partial charge in [-0.05, 0) is 27.2 Å². The van der Waals surface area contributed by atoms with Gasteiger partial charge in [0.2, 0.25) is 11.8 Å². The number of hydrogen-bond acceptors (Lipinski definition) is 6. The molecular weight excluding hydrogens is 381 g/mol. The number of thiazole rings is 1. The fourth-order valence-electron chi connectivity index (χ4n) is 3.63. The highest BCUT2D eigenvalue weighted by atomic mass is 32.1. The highest BCUT2D eigenvalue weighted by Gasteiger charge is 2.42. The summed E-state index contributed by atoms with van der Waals surface area (Å²) in [5.41, 5.74) is 2.26. The molecule has 0 spiro atoms. The maximum absolute atomic E-state index is 13.5. The first-order valence-corrected chi connectivity index (χ1v) is 10.4. The first-order chi connectivity index (χ1) is 13.2. The van der Waals surface area contributed by atoms with Crippen LogP contribution in [-0.4, -0.2) is 58.6 Å². The molecule has 0 unspecified atom stereocenters. The molecule has 28 heavy (non-hydrogen) atoms. The van der Waals surface area contributed by atoms with E-state index in [2.05, 4.69) is 15.6 Å². The van der Waals surface area contributed by atoms with E-state index >= 15 is 0 Å². The maximum atomic E-state index is 13.5. The van der Waals surface area contributed by atoms with Crippen LogP contribution in [0.5, 0.6) is 0 Å². The molecule has 1 saturated carbocycles. The number of halogens is 1. The topological polar surface area (TPSA) is 98.1 Å². The van der Waals surface area contributed by atoms with Crippen LogP contribution in [0, 0.1) is 18.3 Å². The molecule has 2 heterocycles. The van der Waals surface area contributed by atoms with E-state index in [1.807, 2.05) is 32.4 Å². The van der Waals surface area contributed by atoms with Gasteiger partial charge < -0.3 is 15.5 Å². The van der Waals surface area contributed by atoms with Gasteiger partial charge in [-0.15, -0.1) is 11.3 Å². The number of amides is 2. The molecule has 3 rings (SSSR count). The van der Waals surface area contributed by atoms with Crippen molar-refractivity contribution in [1.82, 2.24) is 20.5 Å². The summed E-state index contributed by atoms with van der Waals surface area (Å²) in [6.07, 6.45) is 0.0609. The highest BCUT2D eigenvalue weighted by Crippen LogP contribution is 2.44. The quantitative estimate of drug-likeness (QED) is 0.716. The molecule has 0 bridgehead atoms. The normalized spacial score (nSPS) is 26.8. The lowest BCUT2D eigenvalue weighted by molar-refractivity contribution is -0.131. The van der Waals surface area contributed by atoms with Crippen molar-refractivity contribution < 1.29 is 14.0 Å². The standard InChI is InChI=1S/C19H26FN5O2S/c1-11-18(28-10-22-11)14-5-15(14)24-16(26)6-19(2,3)23-8-17(27)25-9-12(20)4-13(25)7-21/h10,12-15,23H,4-6,8-9H2,1-3H3,(H,24,26)/t12-,13-,14-,15-/m0/s1. The first-order valence-electron chi connectivity index (χ1n) is 9.47. The van der Waals surface area contributed by atoms with Crippen LogP contribution in [0.2, 0.25) is 0 Å². The minimum absolute atomic E-state index is 0.0305. The Kier molecular flexibility index (Phi) is 6.01. The zero-order valence-electron chi connectivity index (χ0n) is 16.4. The van der Waals surface area contributed by atoms with Crippen molar-refractivity contribution >= 4 is 23.2 Å². The molecule has 9 heteroatoms. The second-order valence-corrected chi connectivity index (χ2v) is 9.14. The smallest absolute Gasteiger partial charge is 0.237 e. The van der Waals surface area contributed by atoms with Gasteiger partial charge in [-0.3, -0.25) is 9.59 Å². The lowest BCUT2D eigenvalue weighted by atomic mass is 10.00. The summed E-state index contributed by atoms with van der Waals surface area (Å²) in [6, 6.07) is 1.41. The summed E-state index contributed by atoms with van der Waals surface area (Å²) in [7, 11) is 0. The van der Waals surface area contributed by atoms with Gasteiger partial charge in [0.15, 0.2) is 0 Å². The van der Waals surface area contributed by atoms with Crippen molar-refractivity contribution in [3.8, 4) is 6.07 Å². The monoisotopic (exact) mass is 407 g/mol. The molecule has 0 radical (unpaired) electrons. The van der Waals surface area contributed by atoms with Crippen LogP contribution in [0.3, 0.4) is 0 Å². The fraction of sp³-hybridized carbons (Fsp3) is 0.684. The van der Waals surface area contributed by atoms with Gasteiger partial charge in [-0.2, -0.15) is 5.26 Å². The number of nitrogens with one attached hydrogen (secondary N) is 2. The van der Waals surface area contributed by atoms with Gasteiger partial charge in [0.05, 0.1) is 30.4 Å². The lowest BCUT2D eigenvalue weighted by Gasteiger charge is -2.27. The molecule has 2 N–H and O–H groups in total. The van der Waals surface area contributed by atoms with Gasteiger partial charge in [-0.25, -0.2) is 9.37 Å². The van der Waals surface area contributed by atoms with E-state index in [-0.39, 0.29) is 43.8 Å². The number of alkyl halides is 1. The highest BCUT2D eigenvalue weighted by molar-refractivity contribution is 7.09. The molecule has 7 nitrogen and oxygen atoms in total. The molecule has 4 atom stereocenters. The molecule has 0 aromatic carbocycles. The van der Waals surface area contributed by atoms with Crippen molar-refractivity contribution in [2.45, 2.75) is 69.7 Å². The molecule has 152 valence electrons. The Bertz CT molecular complexity index is 790. The first kappa shape index (κ1) is 20.7. The average molecular weight is 408 g/mol. The third-order valence-corrected chi connectivity index (χ3v) is 6.36. The largest absolute Gasteiger partial charge is 0.353 e. The number of nitrogens with zero attached hydrogens (tertiary/aromatic N) is 3. The molecule has 2 aliphatic rings. The maximum Gasteiger partial charge on any atom is 0.237 e. The van der Waals surface area contributed by atoms with E-state index in [0.717, 1.165) is 12.1 Å². The van der Waals surface area contributed by atoms with E-state index < -0.39 is 17.8 Å². The van der Waals surface area contributed by atoms with Gasteiger partial charge in [0.25, 0.3) is 0 Å². The van der Waals surface area contributed by atoms with E-state index in [1.165, 1.54) is 9.78 Å². The zero-order valence-corrected chi connectivity index (χ0v) is 17.2. The molecule has 1 aromatic rings. The van der Waals surface area contributed by atoms with E-state index in [0.29, 0.717) is 5.92 Å². The van der Waals surface area contributed by atoms with Gasteiger partial charge >= 0.3 is 0 Å². The van der Waals surface area contributed by atoms with Crippen LogP contribution in [0.25, 0.3) is 0 Å². The summed E-state index contributed by atoms with van der Waals surface area (Å²) in [5.74, 6) is -0.0385. The van der Waals surface area contributed by atoms with Crippen LogP contribution >= 0.6 is 11.3 Å². The van der Waals surface area contributed by atoms with E-state index in [1.54, 1.807) is 11.3 Å². The van der Waals surface area contributed by atoms with Crippen LogP contribution in [0.4, 0.5) is 4.39 Å². The Morgan fingerprint density at radius 1 is 1.46 bits per heavy atom. The number of aromatic nitrogens is 1. The zero-order chi connectivity index (χ0) is 20.5.